The highest BCUT2D eigenvalue weighted by Crippen LogP contribution is 2.32. The summed E-state index contributed by atoms with van der Waals surface area (Å²) in [5, 5.41) is 0.407. The molecule has 0 N–H and O–H groups in total. The Kier molecular flexibility index (Phi) is 3.34. The lowest BCUT2D eigenvalue weighted by Gasteiger charge is -2.10. The summed E-state index contributed by atoms with van der Waals surface area (Å²) in [6.07, 6.45) is -2.93. The van der Waals surface area contributed by atoms with Crippen LogP contribution >= 0.6 is 11.6 Å². The SMILES string of the molecule is CCn1c(Cl)cnc1-c1cccc(C(F)(F)F)c1. The number of alkyl halides is 3. The summed E-state index contributed by atoms with van der Waals surface area (Å²) < 4.78 is 39.5. The van der Waals surface area contributed by atoms with Gasteiger partial charge in [-0.15, -0.1) is 0 Å². The molecule has 1 aromatic carbocycles. The number of hydrogen-bond donors (Lipinski definition) is 0. The molecule has 6 heteroatoms. The lowest BCUT2D eigenvalue weighted by Crippen LogP contribution is -2.05. The third-order valence-electron chi connectivity index (χ3n) is 2.57. The molecule has 1 aromatic heterocycles. The first-order valence-corrected chi connectivity index (χ1v) is 5.70. The number of rotatable bonds is 2. The van der Waals surface area contributed by atoms with Crippen molar-refractivity contribution in [2.45, 2.75) is 19.6 Å². The van der Waals surface area contributed by atoms with Crippen molar-refractivity contribution in [2.75, 3.05) is 0 Å². The van der Waals surface area contributed by atoms with Crippen LogP contribution in [0.15, 0.2) is 30.5 Å². The van der Waals surface area contributed by atoms with Crippen LogP contribution in [-0.4, -0.2) is 9.55 Å². The third kappa shape index (κ3) is 2.36. The fraction of sp³-hybridized carbons (Fsp3) is 0.250. The van der Waals surface area contributed by atoms with Crippen molar-refractivity contribution in [3.05, 3.63) is 41.2 Å². The number of hydrogen-bond acceptors (Lipinski definition) is 1. The van der Waals surface area contributed by atoms with Gasteiger partial charge in [-0.1, -0.05) is 23.7 Å². The molecule has 0 amide bonds. The largest absolute Gasteiger partial charge is 0.416 e. The second kappa shape index (κ2) is 4.65. The fourth-order valence-electron chi connectivity index (χ4n) is 1.72. The van der Waals surface area contributed by atoms with E-state index in [1.165, 1.54) is 12.3 Å². The lowest BCUT2D eigenvalue weighted by molar-refractivity contribution is -0.137. The quantitative estimate of drug-likeness (QED) is 0.801. The molecular weight excluding hydrogens is 265 g/mol. The lowest BCUT2D eigenvalue weighted by atomic mass is 10.1. The zero-order valence-corrected chi connectivity index (χ0v) is 10.3. The Morgan fingerprint density at radius 2 is 2.06 bits per heavy atom. The van der Waals surface area contributed by atoms with Gasteiger partial charge in [-0.3, -0.25) is 0 Å². The summed E-state index contributed by atoms with van der Waals surface area (Å²) in [6.45, 7) is 2.40. The summed E-state index contributed by atoms with van der Waals surface area (Å²) in [6, 6.07) is 5.05. The molecule has 1 heterocycles. The maximum Gasteiger partial charge on any atom is 0.416 e. The van der Waals surface area contributed by atoms with Crippen molar-refractivity contribution >= 4 is 11.6 Å². The van der Waals surface area contributed by atoms with Crippen molar-refractivity contribution < 1.29 is 13.2 Å². The van der Waals surface area contributed by atoms with Crippen molar-refractivity contribution in [3.63, 3.8) is 0 Å². The van der Waals surface area contributed by atoms with E-state index in [2.05, 4.69) is 4.98 Å². The minimum Gasteiger partial charge on any atom is -0.315 e. The van der Waals surface area contributed by atoms with Crippen molar-refractivity contribution in [3.8, 4) is 11.4 Å². The molecule has 18 heavy (non-hydrogen) atoms. The van der Waals surface area contributed by atoms with Gasteiger partial charge < -0.3 is 4.57 Å². The van der Waals surface area contributed by atoms with Crippen LogP contribution < -0.4 is 0 Å². The number of benzene rings is 1. The van der Waals surface area contributed by atoms with E-state index >= 15 is 0 Å². The number of nitrogens with zero attached hydrogens (tertiary/aromatic N) is 2. The molecule has 2 nitrogen and oxygen atoms in total. The van der Waals surface area contributed by atoms with Gasteiger partial charge in [0.15, 0.2) is 0 Å². The minimum absolute atomic E-state index is 0.401. The first-order valence-electron chi connectivity index (χ1n) is 5.32. The third-order valence-corrected chi connectivity index (χ3v) is 2.87. The zero-order valence-electron chi connectivity index (χ0n) is 9.50. The Labute approximate surface area is 107 Å². The first kappa shape index (κ1) is 13.0. The monoisotopic (exact) mass is 274 g/mol. The Bertz CT molecular complexity index is 561. The molecule has 0 unspecified atom stereocenters. The highest BCUT2D eigenvalue weighted by atomic mass is 35.5. The zero-order chi connectivity index (χ0) is 13.3. The summed E-state index contributed by atoms with van der Waals surface area (Å²) in [4.78, 5) is 4.04. The predicted octanol–water partition coefficient (Wildman–Crippen LogP) is 4.24. The van der Waals surface area contributed by atoms with E-state index in [1.807, 2.05) is 6.92 Å². The molecule has 0 aliphatic carbocycles. The molecule has 2 rings (SSSR count). The van der Waals surface area contributed by atoms with Gasteiger partial charge in [0.2, 0.25) is 0 Å². The molecule has 0 radical (unpaired) electrons. The van der Waals surface area contributed by atoms with Gasteiger partial charge in [0, 0.05) is 12.1 Å². The topological polar surface area (TPSA) is 17.8 Å². The van der Waals surface area contributed by atoms with E-state index in [9.17, 15) is 13.2 Å². The smallest absolute Gasteiger partial charge is 0.315 e. The Balaban J connectivity index is 2.51. The van der Waals surface area contributed by atoms with Crippen LogP contribution in [0.3, 0.4) is 0 Å². The second-order valence-electron chi connectivity index (χ2n) is 3.73. The van der Waals surface area contributed by atoms with E-state index in [1.54, 1.807) is 10.6 Å². The van der Waals surface area contributed by atoms with Crippen molar-refractivity contribution in [1.29, 1.82) is 0 Å². The van der Waals surface area contributed by atoms with Crippen molar-refractivity contribution in [1.82, 2.24) is 9.55 Å². The van der Waals surface area contributed by atoms with Crippen LogP contribution in [0.5, 0.6) is 0 Å². The van der Waals surface area contributed by atoms with Gasteiger partial charge in [-0.2, -0.15) is 13.2 Å². The molecular formula is C12H10ClF3N2. The normalized spacial score (nSPS) is 11.8. The predicted molar refractivity (Wildman–Crippen MR) is 63.3 cm³/mol. The minimum atomic E-state index is -4.36. The molecule has 0 saturated carbocycles. The Morgan fingerprint density at radius 1 is 1.33 bits per heavy atom. The number of halogens is 4. The number of imidazole rings is 1. The molecule has 96 valence electrons. The van der Waals surface area contributed by atoms with Gasteiger partial charge in [-0.25, -0.2) is 4.98 Å². The Hall–Kier alpha value is -1.49. The summed E-state index contributed by atoms with van der Waals surface area (Å²) in [7, 11) is 0. The van der Waals surface area contributed by atoms with E-state index in [-0.39, 0.29) is 0 Å². The standard InChI is InChI=1S/C12H10ClF3N2/c1-2-18-10(13)7-17-11(18)8-4-3-5-9(6-8)12(14,15)16/h3-7H,2H2,1H3. The molecule has 0 bridgehead atoms. The van der Waals surface area contributed by atoms with Crippen LogP contribution in [0.4, 0.5) is 13.2 Å². The van der Waals surface area contributed by atoms with Gasteiger partial charge in [0.25, 0.3) is 0 Å². The summed E-state index contributed by atoms with van der Waals surface area (Å²) in [5.41, 5.74) is -0.291. The van der Waals surface area contributed by atoms with Gasteiger partial charge in [0.1, 0.15) is 11.0 Å². The first-order chi connectivity index (χ1) is 8.43. The van der Waals surface area contributed by atoms with E-state index in [0.29, 0.717) is 23.1 Å². The van der Waals surface area contributed by atoms with Crippen LogP contribution in [0, 0.1) is 0 Å². The molecule has 2 aromatic rings. The summed E-state index contributed by atoms with van der Waals surface area (Å²) >= 11 is 5.90. The van der Waals surface area contributed by atoms with Crippen molar-refractivity contribution in [2.24, 2.45) is 0 Å². The highest BCUT2D eigenvalue weighted by Gasteiger charge is 2.30. The van der Waals surface area contributed by atoms with E-state index in [0.717, 1.165) is 12.1 Å². The molecule has 0 aliphatic heterocycles. The highest BCUT2D eigenvalue weighted by molar-refractivity contribution is 6.29. The van der Waals surface area contributed by atoms with Gasteiger partial charge in [-0.05, 0) is 19.1 Å². The average Bonchev–Trinajstić information content (AvgIpc) is 2.69. The molecule has 0 spiro atoms. The summed E-state index contributed by atoms with van der Waals surface area (Å²) in [5.74, 6) is 0.439. The fourth-order valence-corrected chi connectivity index (χ4v) is 1.97. The number of aromatic nitrogens is 2. The molecule has 0 saturated heterocycles. The Morgan fingerprint density at radius 3 is 2.67 bits per heavy atom. The van der Waals surface area contributed by atoms with Gasteiger partial charge in [0.05, 0.1) is 11.8 Å². The van der Waals surface area contributed by atoms with Gasteiger partial charge >= 0.3 is 6.18 Å². The van der Waals surface area contributed by atoms with Crippen LogP contribution in [0.2, 0.25) is 5.15 Å². The molecule has 0 aliphatic rings. The molecule has 0 fully saturated rings. The van der Waals surface area contributed by atoms with Crippen LogP contribution in [0.1, 0.15) is 12.5 Å². The maximum atomic E-state index is 12.6. The second-order valence-corrected chi connectivity index (χ2v) is 4.11. The molecule has 0 atom stereocenters. The van der Waals surface area contributed by atoms with E-state index < -0.39 is 11.7 Å². The average molecular weight is 275 g/mol. The van der Waals surface area contributed by atoms with Crippen LogP contribution in [0.25, 0.3) is 11.4 Å². The van der Waals surface area contributed by atoms with E-state index in [4.69, 9.17) is 11.6 Å². The maximum absolute atomic E-state index is 12.6. The van der Waals surface area contributed by atoms with Crippen LogP contribution in [-0.2, 0) is 12.7 Å².